The van der Waals surface area contributed by atoms with Crippen molar-refractivity contribution in [3.05, 3.63) is 51.7 Å². The first-order chi connectivity index (χ1) is 11.0. The Bertz CT molecular complexity index is 702. The number of hydrogen-bond acceptors (Lipinski definition) is 4. The molecule has 0 aliphatic rings. The van der Waals surface area contributed by atoms with E-state index >= 15 is 0 Å². The van der Waals surface area contributed by atoms with Crippen LogP contribution in [0.2, 0.25) is 0 Å². The summed E-state index contributed by atoms with van der Waals surface area (Å²) in [5, 5.41) is 11.0. The highest BCUT2D eigenvalue weighted by Gasteiger charge is 2.15. The summed E-state index contributed by atoms with van der Waals surface area (Å²) in [6.45, 7) is 0.363. The van der Waals surface area contributed by atoms with Gasteiger partial charge >= 0.3 is 5.97 Å². The van der Waals surface area contributed by atoms with Crippen LogP contribution in [0.3, 0.4) is 0 Å². The summed E-state index contributed by atoms with van der Waals surface area (Å²) >= 11 is 1.35. The second-order valence-electron chi connectivity index (χ2n) is 5.16. The predicted octanol–water partition coefficient (Wildman–Crippen LogP) is 2.81. The van der Waals surface area contributed by atoms with Crippen LogP contribution in [-0.4, -0.2) is 40.5 Å². The van der Waals surface area contributed by atoms with E-state index in [9.17, 15) is 14.0 Å². The maximum atomic E-state index is 13.2. The van der Waals surface area contributed by atoms with Crippen molar-refractivity contribution in [3.8, 4) is 0 Å². The van der Waals surface area contributed by atoms with E-state index in [1.54, 1.807) is 18.5 Å². The van der Waals surface area contributed by atoms with Crippen LogP contribution in [0.5, 0.6) is 0 Å². The Kier molecular flexibility index (Phi) is 5.81. The average Bonchev–Trinajstić information content (AvgIpc) is 2.94. The normalized spacial score (nSPS) is 10.5. The molecule has 0 bridgehead atoms. The Hall–Kier alpha value is -2.28. The zero-order chi connectivity index (χ0) is 16.8. The lowest BCUT2D eigenvalue weighted by atomic mass is 10.1. The van der Waals surface area contributed by atoms with Crippen molar-refractivity contribution in [3.63, 3.8) is 0 Å². The quantitative estimate of drug-likeness (QED) is 0.844. The highest BCUT2D eigenvalue weighted by atomic mass is 32.1. The van der Waals surface area contributed by atoms with Gasteiger partial charge in [-0.15, -0.1) is 11.3 Å². The van der Waals surface area contributed by atoms with Crippen LogP contribution in [-0.2, 0) is 11.2 Å². The molecule has 1 aromatic carbocycles. The lowest BCUT2D eigenvalue weighted by Crippen LogP contribution is -2.28. The van der Waals surface area contributed by atoms with Crippen molar-refractivity contribution in [2.45, 2.75) is 19.3 Å². The van der Waals surface area contributed by atoms with Crippen LogP contribution in [0.4, 0.5) is 4.39 Å². The highest BCUT2D eigenvalue weighted by molar-refractivity contribution is 7.09. The summed E-state index contributed by atoms with van der Waals surface area (Å²) in [6.07, 6.45) is 0.899. The number of hydrogen-bond donors (Lipinski definition) is 1. The first kappa shape index (κ1) is 17.1. The molecule has 2 rings (SSSR count). The minimum atomic E-state index is -0.878. The molecule has 1 amide bonds. The maximum Gasteiger partial charge on any atom is 0.303 e. The topological polar surface area (TPSA) is 70.5 Å². The van der Waals surface area contributed by atoms with E-state index in [0.717, 1.165) is 10.6 Å². The van der Waals surface area contributed by atoms with E-state index < -0.39 is 5.97 Å². The number of aromatic nitrogens is 1. The van der Waals surface area contributed by atoms with Crippen molar-refractivity contribution >= 4 is 23.2 Å². The van der Waals surface area contributed by atoms with E-state index in [1.807, 2.05) is 6.07 Å². The van der Waals surface area contributed by atoms with Gasteiger partial charge in [-0.2, -0.15) is 0 Å². The van der Waals surface area contributed by atoms with Gasteiger partial charge in [0, 0.05) is 31.8 Å². The van der Waals surface area contributed by atoms with Crippen LogP contribution in [0.25, 0.3) is 0 Å². The van der Waals surface area contributed by atoms with Crippen LogP contribution in [0, 0.1) is 5.82 Å². The minimum Gasteiger partial charge on any atom is -0.481 e. The monoisotopic (exact) mass is 336 g/mol. The van der Waals surface area contributed by atoms with Crippen molar-refractivity contribution in [1.29, 1.82) is 0 Å². The smallest absolute Gasteiger partial charge is 0.303 e. The van der Waals surface area contributed by atoms with Crippen molar-refractivity contribution < 1.29 is 19.1 Å². The molecule has 23 heavy (non-hydrogen) atoms. The molecule has 0 fully saturated rings. The fourth-order valence-corrected chi connectivity index (χ4v) is 2.88. The Balaban J connectivity index is 1.95. The van der Waals surface area contributed by atoms with Gasteiger partial charge in [0.15, 0.2) is 0 Å². The number of carboxylic acids is 1. The predicted molar refractivity (Wildman–Crippen MR) is 85.2 cm³/mol. The Labute approximate surface area is 137 Å². The van der Waals surface area contributed by atoms with E-state index in [1.165, 1.54) is 28.4 Å². The van der Waals surface area contributed by atoms with E-state index in [-0.39, 0.29) is 18.1 Å². The van der Waals surface area contributed by atoms with Gasteiger partial charge in [-0.3, -0.25) is 9.59 Å². The summed E-state index contributed by atoms with van der Waals surface area (Å²) in [7, 11) is 1.62. The Morgan fingerprint density at radius 2 is 2.17 bits per heavy atom. The van der Waals surface area contributed by atoms with Gasteiger partial charge in [-0.25, -0.2) is 9.37 Å². The third kappa shape index (κ3) is 5.14. The lowest BCUT2D eigenvalue weighted by Gasteiger charge is -2.14. The zero-order valence-electron chi connectivity index (χ0n) is 12.7. The number of aliphatic carboxylic acids is 1. The third-order valence-electron chi connectivity index (χ3n) is 3.25. The molecule has 0 saturated carbocycles. The van der Waals surface area contributed by atoms with Gasteiger partial charge in [-0.05, 0) is 24.1 Å². The Morgan fingerprint density at radius 1 is 1.39 bits per heavy atom. The van der Waals surface area contributed by atoms with Crippen LogP contribution in [0.15, 0.2) is 29.6 Å². The molecule has 0 radical (unpaired) electrons. The SMILES string of the molecule is CN(CCCC(=O)O)C(=O)c1csc(Cc2cccc(F)c2)n1. The van der Waals surface area contributed by atoms with Crippen LogP contribution >= 0.6 is 11.3 Å². The largest absolute Gasteiger partial charge is 0.481 e. The van der Waals surface area contributed by atoms with Crippen molar-refractivity contribution in [1.82, 2.24) is 9.88 Å². The molecule has 1 heterocycles. The molecule has 0 unspecified atom stereocenters. The molecule has 122 valence electrons. The number of thiazole rings is 1. The number of amides is 1. The molecular weight excluding hydrogens is 319 g/mol. The molecule has 1 N–H and O–H groups in total. The molecule has 0 spiro atoms. The zero-order valence-corrected chi connectivity index (χ0v) is 13.5. The number of carbonyl (C=O) groups excluding carboxylic acids is 1. The lowest BCUT2D eigenvalue weighted by molar-refractivity contribution is -0.137. The van der Waals surface area contributed by atoms with Gasteiger partial charge < -0.3 is 10.0 Å². The average molecular weight is 336 g/mol. The highest BCUT2D eigenvalue weighted by Crippen LogP contribution is 2.16. The first-order valence-electron chi connectivity index (χ1n) is 7.12. The first-order valence-corrected chi connectivity index (χ1v) is 8.00. The van der Waals surface area contributed by atoms with Gasteiger partial charge in [0.25, 0.3) is 5.91 Å². The number of halogens is 1. The second kappa shape index (κ2) is 7.82. The summed E-state index contributed by atoms with van der Waals surface area (Å²) in [4.78, 5) is 28.4. The molecule has 0 atom stereocenters. The molecular formula is C16H17FN2O3S. The fourth-order valence-electron chi connectivity index (χ4n) is 2.08. The third-order valence-corrected chi connectivity index (χ3v) is 4.09. The van der Waals surface area contributed by atoms with Crippen LogP contribution < -0.4 is 0 Å². The molecule has 0 aliphatic heterocycles. The number of carboxylic acid groups (broad SMARTS) is 1. The summed E-state index contributed by atoms with van der Waals surface area (Å²) < 4.78 is 13.2. The molecule has 7 heteroatoms. The van der Waals surface area contributed by atoms with E-state index in [0.29, 0.717) is 25.1 Å². The standard InChI is InChI=1S/C16H17FN2O3S/c1-19(7-3-6-15(20)21)16(22)13-10-23-14(18-13)9-11-4-2-5-12(17)8-11/h2,4-5,8,10H,3,6-7,9H2,1H3,(H,20,21). The van der Waals surface area contributed by atoms with E-state index in [2.05, 4.69) is 4.98 Å². The maximum absolute atomic E-state index is 13.2. The molecule has 0 saturated heterocycles. The summed E-state index contributed by atoms with van der Waals surface area (Å²) in [5.41, 5.74) is 1.13. The van der Waals surface area contributed by atoms with Gasteiger partial charge in [0.2, 0.25) is 0 Å². The van der Waals surface area contributed by atoms with Crippen molar-refractivity contribution in [2.24, 2.45) is 0 Å². The number of benzene rings is 1. The second-order valence-corrected chi connectivity index (χ2v) is 6.10. The Morgan fingerprint density at radius 3 is 2.87 bits per heavy atom. The molecule has 5 nitrogen and oxygen atoms in total. The fraction of sp³-hybridized carbons (Fsp3) is 0.312. The molecule has 2 aromatic rings. The number of carbonyl (C=O) groups is 2. The summed E-state index contributed by atoms with van der Waals surface area (Å²) in [5.74, 6) is -1.41. The number of rotatable bonds is 7. The summed E-state index contributed by atoms with van der Waals surface area (Å²) in [6, 6.07) is 6.28. The van der Waals surface area contributed by atoms with E-state index in [4.69, 9.17) is 5.11 Å². The molecule has 1 aromatic heterocycles. The van der Waals surface area contributed by atoms with Crippen molar-refractivity contribution in [2.75, 3.05) is 13.6 Å². The minimum absolute atomic E-state index is 0.0273. The van der Waals surface area contributed by atoms with Crippen LogP contribution in [0.1, 0.15) is 33.9 Å². The van der Waals surface area contributed by atoms with Gasteiger partial charge in [0.05, 0.1) is 5.01 Å². The van der Waals surface area contributed by atoms with Gasteiger partial charge in [-0.1, -0.05) is 12.1 Å². The number of nitrogens with zero attached hydrogens (tertiary/aromatic N) is 2. The van der Waals surface area contributed by atoms with Gasteiger partial charge in [0.1, 0.15) is 11.5 Å². The molecule has 0 aliphatic carbocycles.